The number of hydrogen-bond donors (Lipinski definition) is 0. The van der Waals surface area contributed by atoms with Gasteiger partial charge in [-0.1, -0.05) is 78.9 Å². The zero-order valence-corrected chi connectivity index (χ0v) is 19.0. The molecule has 2 heteroatoms. The summed E-state index contributed by atoms with van der Waals surface area (Å²) in [5.74, 6) is 0. The SMILES string of the molecule is Cc1cccc(N(c2ccccc2)c2ccc(/C(C#N)=C\c3ccc4ccccc4c3)cc2)c1. The molecule has 0 amide bonds. The number of aryl methyl sites for hydroxylation is 1. The van der Waals surface area contributed by atoms with Crippen molar-refractivity contribution in [2.75, 3.05) is 4.90 Å². The van der Waals surface area contributed by atoms with Crippen LogP contribution in [0.5, 0.6) is 0 Å². The molecule has 0 spiro atoms. The average Bonchev–Trinajstić information content (AvgIpc) is 2.88. The minimum Gasteiger partial charge on any atom is -0.310 e. The molecule has 0 aliphatic heterocycles. The smallest absolute Gasteiger partial charge is 0.0998 e. The van der Waals surface area contributed by atoms with Crippen LogP contribution in [0.15, 0.2) is 121 Å². The summed E-state index contributed by atoms with van der Waals surface area (Å²) in [5.41, 5.74) is 7.01. The van der Waals surface area contributed by atoms with Crippen LogP contribution in [0.1, 0.15) is 16.7 Å². The van der Waals surface area contributed by atoms with Crippen LogP contribution in [-0.4, -0.2) is 0 Å². The molecule has 0 fully saturated rings. The van der Waals surface area contributed by atoms with E-state index in [2.05, 4.69) is 96.8 Å². The van der Waals surface area contributed by atoms with Gasteiger partial charge >= 0.3 is 0 Å². The molecule has 162 valence electrons. The quantitative estimate of drug-likeness (QED) is 0.203. The van der Waals surface area contributed by atoms with Crippen LogP contribution in [0.3, 0.4) is 0 Å². The monoisotopic (exact) mass is 436 g/mol. The summed E-state index contributed by atoms with van der Waals surface area (Å²) in [6.07, 6.45) is 1.96. The Morgan fingerprint density at radius 1 is 0.647 bits per heavy atom. The number of fused-ring (bicyclic) bond motifs is 1. The molecule has 2 nitrogen and oxygen atoms in total. The average molecular weight is 437 g/mol. The van der Waals surface area contributed by atoms with Crippen molar-refractivity contribution in [3.05, 3.63) is 138 Å². The summed E-state index contributed by atoms with van der Waals surface area (Å²) >= 11 is 0. The lowest BCUT2D eigenvalue weighted by Crippen LogP contribution is -2.09. The molecule has 0 saturated carbocycles. The third kappa shape index (κ3) is 4.46. The van der Waals surface area contributed by atoms with Crippen molar-refractivity contribution in [2.45, 2.75) is 6.92 Å². The maximum absolute atomic E-state index is 9.89. The summed E-state index contributed by atoms with van der Waals surface area (Å²) in [6, 6.07) is 43.9. The molecular formula is C32H24N2. The third-order valence-corrected chi connectivity index (χ3v) is 5.92. The van der Waals surface area contributed by atoms with Crippen molar-refractivity contribution < 1.29 is 0 Å². The van der Waals surface area contributed by atoms with Crippen LogP contribution in [0, 0.1) is 18.3 Å². The summed E-state index contributed by atoms with van der Waals surface area (Å²) in [5, 5.41) is 12.3. The van der Waals surface area contributed by atoms with E-state index in [9.17, 15) is 5.26 Å². The predicted molar refractivity (Wildman–Crippen MR) is 143 cm³/mol. The first-order valence-electron chi connectivity index (χ1n) is 11.3. The molecule has 0 aromatic heterocycles. The summed E-state index contributed by atoms with van der Waals surface area (Å²) in [7, 11) is 0. The number of rotatable bonds is 5. The number of benzene rings is 5. The molecule has 5 aromatic carbocycles. The molecular weight excluding hydrogens is 412 g/mol. The van der Waals surface area contributed by atoms with Gasteiger partial charge in [-0.2, -0.15) is 5.26 Å². The lowest BCUT2D eigenvalue weighted by Gasteiger charge is -2.26. The van der Waals surface area contributed by atoms with E-state index >= 15 is 0 Å². The Bertz CT molecular complexity index is 1510. The normalized spacial score (nSPS) is 11.2. The molecule has 0 heterocycles. The number of anilines is 3. The highest BCUT2D eigenvalue weighted by Crippen LogP contribution is 2.35. The fourth-order valence-corrected chi connectivity index (χ4v) is 4.23. The van der Waals surface area contributed by atoms with Gasteiger partial charge in [0.25, 0.3) is 0 Å². The van der Waals surface area contributed by atoms with E-state index in [0.717, 1.165) is 28.2 Å². The predicted octanol–water partition coefficient (Wildman–Crippen LogP) is 8.68. The number of allylic oxidation sites excluding steroid dienone is 1. The van der Waals surface area contributed by atoms with E-state index in [0.29, 0.717) is 5.57 Å². The van der Waals surface area contributed by atoms with Gasteiger partial charge in [-0.25, -0.2) is 0 Å². The number of hydrogen-bond acceptors (Lipinski definition) is 2. The molecule has 0 radical (unpaired) electrons. The summed E-state index contributed by atoms with van der Waals surface area (Å²) < 4.78 is 0. The van der Waals surface area contributed by atoms with Crippen molar-refractivity contribution in [3.8, 4) is 6.07 Å². The maximum Gasteiger partial charge on any atom is 0.0998 e. The largest absolute Gasteiger partial charge is 0.310 e. The Morgan fingerprint density at radius 3 is 2.06 bits per heavy atom. The van der Waals surface area contributed by atoms with E-state index in [4.69, 9.17) is 0 Å². The molecule has 34 heavy (non-hydrogen) atoms. The minimum absolute atomic E-state index is 0.642. The van der Waals surface area contributed by atoms with E-state index in [1.54, 1.807) is 0 Å². The van der Waals surface area contributed by atoms with Gasteiger partial charge in [0.05, 0.1) is 11.6 Å². The second kappa shape index (κ2) is 9.48. The molecule has 0 unspecified atom stereocenters. The molecule has 0 aliphatic carbocycles. The molecule has 0 atom stereocenters. The highest BCUT2D eigenvalue weighted by Gasteiger charge is 2.13. The lowest BCUT2D eigenvalue weighted by molar-refractivity contribution is 1.27. The van der Waals surface area contributed by atoms with Crippen molar-refractivity contribution in [2.24, 2.45) is 0 Å². The Balaban J connectivity index is 1.51. The maximum atomic E-state index is 9.89. The standard InChI is InChI=1S/C32H24N2/c1-24-8-7-13-32(20-24)34(30-11-3-2-4-12-30)31-18-16-27(17-19-31)29(23-33)22-25-14-15-26-9-5-6-10-28(26)21-25/h2-22H,1H3/b29-22-. The zero-order valence-electron chi connectivity index (χ0n) is 19.0. The molecule has 0 N–H and O–H groups in total. The van der Waals surface area contributed by atoms with E-state index < -0.39 is 0 Å². The first-order chi connectivity index (χ1) is 16.7. The first-order valence-corrected chi connectivity index (χ1v) is 11.3. The fraction of sp³-hybridized carbons (Fsp3) is 0.0312. The topological polar surface area (TPSA) is 27.0 Å². The fourth-order valence-electron chi connectivity index (χ4n) is 4.23. The van der Waals surface area contributed by atoms with Gasteiger partial charge in [-0.05, 0) is 82.9 Å². The number of nitrogens with zero attached hydrogens (tertiary/aromatic N) is 2. The Kier molecular flexibility index (Phi) is 5.93. The van der Waals surface area contributed by atoms with Gasteiger partial charge < -0.3 is 4.90 Å². The summed E-state index contributed by atoms with van der Waals surface area (Å²) in [4.78, 5) is 2.23. The Labute approximate surface area is 200 Å². The highest BCUT2D eigenvalue weighted by molar-refractivity contribution is 5.93. The second-order valence-corrected chi connectivity index (χ2v) is 8.33. The third-order valence-electron chi connectivity index (χ3n) is 5.92. The first kappa shape index (κ1) is 21.2. The Morgan fingerprint density at radius 2 is 1.32 bits per heavy atom. The van der Waals surface area contributed by atoms with Crippen LogP contribution in [0.4, 0.5) is 17.1 Å². The van der Waals surface area contributed by atoms with Crippen LogP contribution in [-0.2, 0) is 0 Å². The molecule has 0 bridgehead atoms. The van der Waals surface area contributed by atoms with E-state index in [1.807, 2.05) is 48.5 Å². The van der Waals surface area contributed by atoms with Crippen molar-refractivity contribution in [3.63, 3.8) is 0 Å². The van der Waals surface area contributed by atoms with E-state index in [1.165, 1.54) is 16.3 Å². The number of para-hydroxylation sites is 1. The molecule has 0 aliphatic rings. The van der Waals surface area contributed by atoms with Crippen LogP contribution in [0.2, 0.25) is 0 Å². The van der Waals surface area contributed by atoms with Gasteiger partial charge in [0.1, 0.15) is 0 Å². The number of nitriles is 1. The second-order valence-electron chi connectivity index (χ2n) is 8.33. The minimum atomic E-state index is 0.642. The van der Waals surface area contributed by atoms with Crippen LogP contribution in [0.25, 0.3) is 22.4 Å². The van der Waals surface area contributed by atoms with Gasteiger partial charge in [-0.15, -0.1) is 0 Å². The van der Waals surface area contributed by atoms with Crippen LogP contribution < -0.4 is 4.90 Å². The molecule has 0 saturated heterocycles. The van der Waals surface area contributed by atoms with Crippen molar-refractivity contribution >= 4 is 39.5 Å². The van der Waals surface area contributed by atoms with Gasteiger partial charge in [0.15, 0.2) is 0 Å². The lowest BCUT2D eigenvalue weighted by atomic mass is 10.0. The van der Waals surface area contributed by atoms with Crippen molar-refractivity contribution in [1.82, 2.24) is 0 Å². The molecule has 5 aromatic rings. The summed E-state index contributed by atoms with van der Waals surface area (Å²) in [6.45, 7) is 2.10. The van der Waals surface area contributed by atoms with Gasteiger partial charge in [0, 0.05) is 17.1 Å². The Hall–Kier alpha value is -4.61. The zero-order chi connectivity index (χ0) is 23.3. The van der Waals surface area contributed by atoms with Gasteiger partial charge in [-0.3, -0.25) is 0 Å². The highest BCUT2D eigenvalue weighted by atomic mass is 15.1. The van der Waals surface area contributed by atoms with E-state index in [-0.39, 0.29) is 0 Å². The molecule has 5 rings (SSSR count). The van der Waals surface area contributed by atoms with Crippen molar-refractivity contribution in [1.29, 1.82) is 5.26 Å². The van der Waals surface area contributed by atoms with Crippen LogP contribution >= 0.6 is 0 Å². The van der Waals surface area contributed by atoms with Gasteiger partial charge in [0.2, 0.25) is 0 Å².